The van der Waals surface area contributed by atoms with E-state index in [0.29, 0.717) is 12.2 Å². The Morgan fingerprint density at radius 3 is 1.90 bits per heavy atom. The van der Waals surface area contributed by atoms with Gasteiger partial charge in [0.15, 0.2) is 14.9 Å². The quantitative estimate of drug-likeness (QED) is 0.0748. The summed E-state index contributed by atoms with van der Waals surface area (Å²) in [6.45, 7) is 5.70. The zero-order chi connectivity index (χ0) is 36.3. The van der Waals surface area contributed by atoms with Gasteiger partial charge in [0.2, 0.25) is 10.3 Å². The van der Waals surface area contributed by atoms with E-state index < -0.39 is 82.3 Å². The van der Waals surface area contributed by atoms with Crippen LogP contribution in [0.5, 0.6) is 5.75 Å². The summed E-state index contributed by atoms with van der Waals surface area (Å²) in [6.07, 6.45) is -2.16. The zero-order valence-corrected chi connectivity index (χ0v) is 29.3. The lowest BCUT2D eigenvalue weighted by Gasteiger charge is -2.58. The largest absolute Gasteiger partial charge is 0.439 e. The number of nitrogens with zero attached hydrogens (tertiary/aromatic N) is 1. The maximum Gasteiger partial charge on any atom is 0.439 e. The highest BCUT2D eigenvalue weighted by molar-refractivity contribution is 8.10. The Labute approximate surface area is 278 Å². The fraction of sp³-hybridized carbons (Fsp3) is 0.741. The van der Waals surface area contributed by atoms with Gasteiger partial charge < -0.3 is 8.86 Å². The van der Waals surface area contributed by atoms with Gasteiger partial charge in [-0.2, -0.15) is 34.8 Å². The minimum Gasteiger partial charge on any atom is -0.426 e. The van der Waals surface area contributed by atoms with Gasteiger partial charge in [0, 0.05) is 10.9 Å². The van der Waals surface area contributed by atoms with Gasteiger partial charge in [-0.3, -0.25) is 13.2 Å². The predicted molar refractivity (Wildman–Crippen MR) is 161 cm³/mol. The van der Waals surface area contributed by atoms with Crippen molar-refractivity contribution >= 4 is 47.3 Å². The van der Waals surface area contributed by atoms with Crippen molar-refractivity contribution < 1.29 is 69.5 Å². The molecule has 0 radical (unpaired) electrons. The van der Waals surface area contributed by atoms with Gasteiger partial charge in [-0.15, -0.1) is 0 Å². The predicted octanol–water partition coefficient (Wildman–Crippen LogP) is 5.34. The van der Waals surface area contributed by atoms with Crippen molar-refractivity contribution in [2.45, 2.75) is 93.3 Å². The third-order valence-corrected chi connectivity index (χ3v) is 15.5. The van der Waals surface area contributed by atoms with E-state index in [1.54, 1.807) is 16.3 Å². The molecular formula is C27H35F6NO10S4. The van der Waals surface area contributed by atoms with Crippen LogP contribution in [0.4, 0.5) is 26.3 Å². The van der Waals surface area contributed by atoms with Gasteiger partial charge in [0.05, 0.1) is 17.6 Å². The Bertz CT molecular complexity index is 1690. The van der Waals surface area contributed by atoms with Crippen molar-refractivity contribution in [2.75, 3.05) is 11.5 Å². The summed E-state index contributed by atoms with van der Waals surface area (Å²) in [5.74, 6) is -7.24. The molecule has 2 atom stereocenters. The molecule has 274 valence electrons. The van der Waals surface area contributed by atoms with E-state index in [4.69, 9.17) is 8.92 Å². The second-order valence-electron chi connectivity index (χ2n) is 12.4. The number of ether oxygens (including phenoxy) is 1. The maximum absolute atomic E-state index is 14.6. The van der Waals surface area contributed by atoms with Crippen LogP contribution in [-0.4, -0.2) is 71.4 Å². The second kappa shape index (κ2) is 13.2. The van der Waals surface area contributed by atoms with E-state index in [9.17, 15) is 56.4 Å². The molecule has 0 spiro atoms. The third-order valence-electron chi connectivity index (χ3n) is 8.79. The first-order valence-electron chi connectivity index (χ1n) is 14.8. The number of rotatable bonds is 15. The molecule has 4 fully saturated rings. The molecule has 4 bridgehead atoms. The van der Waals surface area contributed by atoms with Gasteiger partial charge in [-0.1, -0.05) is 0 Å². The molecule has 48 heavy (non-hydrogen) atoms. The molecule has 4 saturated carbocycles. The second-order valence-corrected chi connectivity index (χ2v) is 19.8. The molecule has 0 aromatic heterocycles. The average Bonchev–Trinajstić information content (AvgIpc) is 2.94. The van der Waals surface area contributed by atoms with Crippen molar-refractivity contribution in [3.05, 3.63) is 28.4 Å². The van der Waals surface area contributed by atoms with Crippen LogP contribution >= 0.6 is 0 Å². The van der Waals surface area contributed by atoms with E-state index in [0.717, 1.165) is 30.2 Å². The minimum atomic E-state index is -7.44. The van der Waals surface area contributed by atoms with Crippen LogP contribution < -0.4 is 4.74 Å². The van der Waals surface area contributed by atoms with E-state index in [2.05, 4.69) is 18.0 Å². The fourth-order valence-corrected chi connectivity index (χ4v) is 12.2. The van der Waals surface area contributed by atoms with Crippen LogP contribution in [0.15, 0.2) is 29.2 Å². The van der Waals surface area contributed by atoms with Gasteiger partial charge in [0.1, 0.15) is 17.3 Å². The Morgan fingerprint density at radius 2 is 1.42 bits per heavy atom. The molecule has 0 heterocycles. The van der Waals surface area contributed by atoms with E-state index in [1.807, 2.05) is 12.1 Å². The summed E-state index contributed by atoms with van der Waals surface area (Å²) < 4.78 is 175. The van der Waals surface area contributed by atoms with Crippen LogP contribution in [0.2, 0.25) is 0 Å². The average molecular weight is 776 g/mol. The number of benzene rings is 1. The van der Waals surface area contributed by atoms with Crippen LogP contribution in [0.1, 0.15) is 59.8 Å². The number of halogens is 6. The molecule has 2 unspecified atom stereocenters. The van der Waals surface area contributed by atoms with Crippen molar-refractivity contribution in [1.29, 1.82) is 0 Å². The molecule has 4 aliphatic carbocycles. The summed E-state index contributed by atoms with van der Waals surface area (Å²) in [7, 11) is -20.3. The molecule has 4 aliphatic rings. The third kappa shape index (κ3) is 6.97. The first kappa shape index (κ1) is 39.1. The molecule has 0 N–H and O–H groups in total. The number of hydrogen-bond acceptors (Lipinski definition) is 10. The lowest BCUT2D eigenvalue weighted by Crippen LogP contribution is -2.61. The number of sulfonamides is 1. The van der Waals surface area contributed by atoms with Crippen LogP contribution in [0.25, 0.3) is 4.13 Å². The lowest BCUT2D eigenvalue weighted by molar-refractivity contribution is -0.246. The Morgan fingerprint density at radius 1 is 0.896 bits per heavy atom. The monoisotopic (exact) mass is 775 g/mol. The molecule has 1 aromatic rings. The van der Waals surface area contributed by atoms with Crippen LogP contribution in [0, 0.1) is 23.2 Å². The number of carbonyl (C=O) groups excluding carboxylic acids is 1. The van der Waals surface area contributed by atoms with Gasteiger partial charge in [0.25, 0.3) is 0 Å². The smallest absolute Gasteiger partial charge is 0.426 e. The maximum atomic E-state index is 14.6. The Kier molecular flexibility index (Phi) is 10.7. The van der Waals surface area contributed by atoms with Crippen molar-refractivity contribution in [3.63, 3.8) is 0 Å². The first-order valence-corrected chi connectivity index (χ1v) is 20.6. The normalized spacial score (nSPS) is 26.8. The number of esters is 1. The molecule has 11 nitrogen and oxygen atoms in total. The van der Waals surface area contributed by atoms with E-state index in [1.165, 1.54) is 0 Å². The summed E-state index contributed by atoms with van der Waals surface area (Å²) >= 11 is 0. The van der Waals surface area contributed by atoms with Crippen LogP contribution in [-0.2, 0) is 54.5 Å². The highest BCUT2D eigenvalue weighted by atomic mass is 32.3. The standard InChI is InChI=1S/C27H35F6NO10S4/c1-5-45(6-2)21-9-7-20(8-10-21)42-23(35)24-13-17-11-18(14-24)22(19(12-17)15-24)44-48(40,41)34-46(36,37)26(30,31)25(28,29)27(32,33)47(38,39)43-16(3)4/h7-10,16-19,22H,5-6,11-15H2,1-4H3. The van der Waals surface area contributed by atoms with E-state index >= 15 is 0 Å². The summed E-state index contributed by atoms with van der Waals surface area (Å²) in [5, 5.41) is -13.9. The number of alkyl halides is 6. The summed E-state index contributed by atoms with van der Waals surface area (Å²) in [4.78, 5) is 14.5. The van der Waals surface area contributed by atoms with Crippen molar-refractivity contribution in [2.24, 2.45) is 23.2 Å². The number of carbonyl (C=O) groups is 1. The highest BCUT2D eigenvalue weighted by Gasteiger charge is 2.81. The molecule has 1 aromatic carbocycles. The molecule has 5 rings (SSSR count). The van der Waals surface area contributed by atoms with Gasteiger partial charge in [-0.05, 0) is 102 Å². The first-order chi connectivity index (χ1) is 21.9. The minimum absolute atomic E-state index is 0.00709. The molecular weight excluding hydrogens is 741 g/mol. The highest BCUT2D eigenvalue weighted by Crippen LogP contribution is 2.62. The summed E-state index contributed by atoms with van der Waals surface area (Å²) in [6, 6.07) is 7.07. The van der Waals surface area contributed by atoms with Crippen molar-refractivity contribution in [1.82, 2.24) is 0 Å². The lowest BCUT2D eigenvalue weighted by atomic mass is 9.48. The summed E-state index contributed by atoms with van der Waals surface area (Å²) in [5.41, 5.74) is -1.07. The van der Waals surface area contributed by atoms with Crippen LogP contribution in [0.3, 0.4) is 0 Å². The van der Waals surface area contributed by atoms with Gasteiger partial charge in [-0.25, -0.2) is 16.8 Å². The Hall–Kier alpha value is -1.65. The van der Waals surface area contributed by atoms with Gasteiger partial charge >= 0.3 is 32.5 Å². The molecule has 0 amide bonds. The molecule has 0 saturated heterocycles. The fourth-order valence-electron chi connectivity index (χ4n) is 6.96. The van der Waals surface area contributed by atoms with E-state index in [-0.39, 0.29) is 42.5 Å². The Balaban J connectivity index is 1.49. The number of hydrogen-bond donors (Lipinski definition) is 0. The topological polar surface area (TPSA) is 161 Å². The zero-order valence-electron chi connectivity index (χ0n) is 26.1. The molecule has 0 aliphatic heterocycles. The molecule has 21 heteroatoms. The SMILES string of the molecule is CC[S+](CC)c1ccc(OC(=O)C23CC4CC(C2)C(OS(=O)(=O)[N-]S(=O)(=O)C(F)(F)C(F)(F)C(F)(F)S(=O)(=O)OC(C)C)C(C4)C3)cc1. The van der Waals surface area contributed by atoms with Crippen molar-refractivity contribution in [3.8, 4) is 5.75 Å².